The van der Waals surface area contributed by atoms with Gasteiger partial charge in [-0.2, -0.15) is 0 Å². The standard InChI is InChI=1S/C13H19NO2S/c1-3-16-13(15)11(2)14-9-10-17-12-7-5-4-6-8-12/h4-8,11,14H,3,9-10H2,1-2H3. The van der Waals surface area contributed by atoms with Gasteiger partial charge in [0.2, 0.25) is 0 Å². The van der Waals surface area contributed by atoms with Crippen LogP contribution in [0.4, 0.5) is 0 Å². The molecule has 3 nitrogen and oxygen atoms in total. The molecular weight excluding hydrogens is 234 g/mol. The van der Waals surface area contributed by atoms with Gasteiger partial charge in [-0.25, -0.2) is 0 Å². The van der Waals surface area contributed by atoms with Crippen molar-refractivity contribution < 1.29 is 9.53 Å². The van der Waals surface area contributed by atoms with Crippen molar-refractivity contribution in [2.75, 3.05) is 18.9 Å². The molecule has 1 rings (SSSR count). The minimum Gasteiger partial charge on any atom is -0.465 e. The van der Waals surface area contributed by atoms with Crippen LogP contribution in [0.25, 0.3) is 0 Å². The van der Waals surface area contributed by atoms with E-state index in [9.17, 15) is 4.79 Å². The molecule has 0 aromatic heterocycles. The number of carbonyl (C=O) groups excluding carboxylic acids is 1. The Balaban J connectivity index is 2.14. The Morgan fingerprint density at radius 1 is 1.41 bits per heavy atom. The molecule has 0 aliphatic rings. The highest BCUT2D eigenvalue weighted by atomic mass is 32.2. The Hall–Kier alpha value is -1.00. The smallest absolute Gasteiger partial charge is 0.322 e. The molecule has 0 radical (unpaired) electrons. The van der Waals surface area contributed by atoms with Gasteiger partial charge in [0.25, 0.3) is 0 Å². The molecule has 94 valence electrons. The van der Waals surface area contributed by atoms with Crippen LogP contribution in [0, 0.1) is 0 Å². The van der Waals surface area contributed by atoms with Gasteiger partial charge >= 0.3 is 5.97 Å². The lowest BCUT2D eigenvalue weighted by Crippen LogP contribution is -2.36. The summed E-state index contributed by atoms with van der Waals surface area (Å²) >= 11 is 1.77. The van der Waals surface area contributed by atoms with Crippen LogP contribution in [0.2, 0.25) is 0 Å². The van der Waals surface area contributed by atoms with E-state index in [0.29, 0.717) is 6.61 Å². The van der Waals surface area contributed by atoms with Crippen molar-refractivity contribution in [2.45, 2.75) is 24.8 Å². The minimum atomic E-state index is -0.230. The van der Waals surface area contributed by atoms with E-state index in [0.717, 1.165) is 12.3 Å². The molecule has 0 aliphatic carbocycles. The van der Waals surface area contributed by atoms with E-state index in [1.807, 2.05) is 32.0 Å². The van der Waals surface area contributed by atoms with Crippen LogP contribution in [-0.2, 0) is 9.53 Å². The fourth-order valence-electron chi connectivity index (χ4n) is 1.31. The first-order valence-electron chi connectivity index (χ1n) is 5.82. The average molecular weight is 253 g/mol. The predicted octanol–water partition coefficient (Wildman–Crippen LogP) is 2.32. The second-order valence-electron chi connectivity index (χ2n) is 3.59. The summed E-state index contributed by atoms with van der Waals surface area (Å²) in [5, 5.41) is 3.14. The van der Waals surface area contributed by atoms with Gasteiger partial charge in [-0.05, 0) is 26.0 Å². The highest BCUT2D eigenvalue weighted by Gasteiger charge is 2.11. The summed E-state index contributed by atoms with van der Waals surface area (Å²) in [6.45, 7) is 4.87. The third-order valence-corrected chi connectivity index (χ3v) is 3.22. The lowest BCUT2D eigenvalue weighted by molar-refractivity contribution is -0.145. The van der Waals surface area contributed by atoms with Gasteiger partial charge in [-0.15, -0.1) is 11.8 Å². The number of ether oxygens (including phenoxy) is 1. The normalized spacial score (nSPS) is 12.1. The quantitative estimate of drug-likeness (QED) is 0.460. The van der Waals surface area contributed by atoms with Crippen LogP contribution in [0.3, 0.4) is 0 Å². The van der Waals surface area contributed by atoms with Crippen molar-refractivity contribution in [3.63, 3.8) is 0 Å². The van der Waals surface area contributed by atoms with Crippen molar-refractivity contribution in [3.05, 3.63) is 30.3 Å². The maximum atomic E-state index is 11.3. The lowest BCUT2D eigenvalue weighted by atomic mass is 10.3. The van der Waals surface area contributed by atoms with E-state index in [1.54, 1.807) is 11.8 Å². The predicted molar refractivity (Wildman–Crippen MR) is 71.3 cm³/mol. The van der Waals surface area contributed by atoms with Gasteiger partial charge in [0.05, 0.1) is 6.61 Å². The molecule has 1 aromatic rings. The molecule has 1 unspecified atom stereocenters. The third kappa shape index (κ3) is 5.75. The Morgan fingerprint density at radius 2 is 2.12 bits per heavy atom. The van der Waals surface area contributed by atoms with E-state index < -0.39 is 0 Å². The lowest BCUT2D eigenvalue weighted by Gasteiger charge is -2.12. The van der Waals surface area contributed by atoms with Gasteiger partial charge in [0.1, 0.15) is 6.04 Å². The van der Waals surface area contributed by atoms with E-state index >= 15 is 0 Å². The van der Waals surface area contributed by atoms with Gasteiger partial charge in [0.15, 0.2) is 0 Å². The highest BCUT2D eigenvalue weighted by molar-refractivity contribution is 7.99. The van der Waals surface area contributed by atoms with E-state index in [-0.39, 0.29) is 12.0 Å². The molecule has 1 atom stereocenters. The summed E-state index contributed by atoms with van der Waals surface area (Å²) in [4.78, 5) is 12.6. The maximum absolute atomic E-state index is 11.3. The first kappa shape index (κ1) is 14.1. The molecule has 0 fully saturated rings. The topological polar surface area (TPSA) is 38.3 Å². The van der Waals surface area contributed by atoms with E-state index in [1.165, 1.54) is 4.90 Å². The van der Waals surface area contributed by atoms with Crippen molar-refractivity contribution in [1.29, 1.82) is 0 Å². The molecule has 0 amide bonds. The van der Waals surface area contributed by atoms with Crippen LogP contribution in [-0.4, -0.2) is 30.9 Å². The van der Waals surface area contributed by atoms with Gasteiger partial charge in [-0.3, -0.25) is 4.79 Å². The molecule has 0 saturated carbocycles. The molecule has 1 N–H and O–H groups in total. The summed E-state index contributed by atoms with van der Waals surface area (Å²) in [6, 6.07) is 9.99. The maximum Gasteiger partial charge on any atom is 0.322 e. The van der Waals surface area contributed by atoms with Crippen molar-refractivity contribution in [1.82, 2.24) is 5.32 Å². The number of rotatable bonds is 7. The molecule has 0 saturated heterocycles. The van der Waals surface area contributed by atoms with Gasteiger partial charge in [0, 0.05) is 17.2 Å². The Labute approximate surface area is 107 Å². The minimum absolute atomic E-state index is 0.183. The summed E-state index contributed by atoms with van der Waals surface area (Å²) in [7, 11) is 0. The van der Waals surface area contributed by atoms with Crippen LogP contribution >= 0.6 is 11.8 Å². The Bertz CT molecular complexity index is 329. The molecule has 4 heteroatoms. The van der Waals surface area contributed by atoms with Crippen LogP contribution in [0.15, 0.2) is 35.2 Å². The number of hydrogen-bond acceptors (Lipinski definition) is 4. The van der Waals surface area contributed by atoms with E-state index in [4.69, 9.17) is 4.74 Å². The molecule has 0 spiro atoms. The highest BCUT2D eigenvalue weighted by Crippen LogP contribution is 2.15. The zero-order valence-corrected chi connectivity index (χ0v) is 11.1. The Morgan fingerprint density at radius 3 is 2.76 bits per heavy atom. The third-order valence-electron chi connectivity index (χ3n) is 2.20. The second kappa shape index (κ2) is 8.14. The van der Waals surface area contributed by atoms with Crippen LogP contribution in [0.1, 0.15) is 13.8 Å². The molecule has 0 heterocycles. The first-order chi connectivity index (χ1) is 8.24. The first-order valence-corrected chi connectivity index (χ1v) is 6.80. The molecule has 0 aliphatic heterocycles. The monoisotopic (exact) mass is 253 g/mol. The summed E-state index contributed by atoms with van der Waals surface area (Å²) in [5.41, 5.74) is 0. The van der Waals surface area contributed by atoms with Gasteiger partial charge < -0.3 is 10.1 Å². The van der Waals surface area contributed by atoms with Crippen LogP contribution < -0.4 is 5.32 Å². The second-order valence-corrected chi connectivity index (χ2v) is 4.76. The molecular formula is C13H19NO2S. The molecule has 1 aromatic carbocycles. The summed E-state index contributed by atoms with van der Waals surface area (Å²) < 4.78 is 4.91. The summed E-state index contributed by atoms with van der Waals surface area (Å²) in [6.07, 6.45) is 0. The van der Waals surface area contributed by atoms with Gasteiger partial charge in [-0.1, -0.05) is 18.2 Å². The van der Waals surface area contributed by atoms with Crippen molar-refractivity contribution >= 4 is 17.7 Å². The number of thioether (sulfide) groups is 1. The fraction of sp³-hybridized carbons (Fsp3) is 0.462. The number of hydrogen-bond donors (Lipinski definition) is 1. The largest absolute Gasteiger partial charge is 0.465 e. The SMILES string of the molecule is CCOC(=O)C(C)NCCSc1ccccc1. The number of carbonyl (C=O) groups is 1. The zero-order chi connectivity index (χ0) is 12.5. The Kier molecular flexibility index (Phi) is 6.74. The van der Waals surface area contributed by atoms with Crippen LogP contribution in [0.5, 0.6) is 0 Å². The number of esters is 1. The molecule has 0 bridgehead atoms. The summed E-state index contributed by atoms with van der Waals surface area (Å²) in [5.74, 6) is 0.755. The number of nitrogens with one attached hydrogen (secondary N) is 1. The zero-order valence-electron chi connectivity index (χ0n) is 10.3. The average Bonchev–Trinajstić information content (AvgIpc) is 2.36. The fourth-order valence-corrected chi connectivity index (χ4v) is 2.12. The van der Waals surface area contributed by atoms with E-state index in [2.05, 4.69) is 17.4 Å². The van der Waals surface area contributed by atoms with Crippen molar-refractivity contribution in [2.24, 2.45) is 0 Å². The van der Waals surface area contributed by atoms with Crippen molar-refractivity contribution in [3.8, 4) is 0 Å². The molecule has 17 heavy (non-hydrogen) atoms. The number of benzene rings is 1.